The van der Waals surface area contributed by atoms with Gasteiger partial charge >= 0.3 is 0 Å². The first-order valence-corrected chi connectivity index (χ1v) is 5.54. The van der Waals surface area contributed by atoms with E-state index >= 15 is 0 Å². The van der Waals surface area contributed by atoms with Gasteiger partial charge < -0.3 is 10.4 Å². The van der Waals surface area contributed by atoms with Crippen molar-refractivity contribution in [2.45, 2.75) is 25.5 Å². The third kappa shape index (κ3) is 2.78. The van der Waals surface area contributed by atoms with Crippen molar-refractivity contribution in [3.63, 3.8) is 0 Å². The van der Waals surface area contributed by atoms with Crippen LogP contribution in [0.4, 0.5) is 0 Å². The van der Waals surface area contributed by atoms with Crippen LogP contribution in [0.25, 0.3) is 0 Å². The van der Waals surface area contributed by atoms with Gasteiger partial charge in [-0.05, 0) is 24.8 Å². The van der Waals surface area contributed by atoms with E-state index in [4.69, 9.17) is 5.26 Å². The summed E-state index contributed by atoms with van der Waals surface area (Å²) in [6, 6.07) is 5.75. The van der Waals surface area contributed by atoms with Gasteiger partial charge in [-0.1, -0.05) is 6.07 Å². The Bertz CT molecular complexity index is 395. The lowest BCUT2D eigenvalue weighted by Crippen LogP contribution is -2.28. The molecule has 2 N–H and O–H groups in total. The van der Waals surface area contributed by atoms with Crippen LogP contribution in [0.2, 0.25) is 0 Å². The Balaban J connectivity index is 1.82. The van der Waals surface area contributed by atoms with E-state index in [1.165, 1.54) is 0 Å². The van der Waals surface area contributed by atoms with Crippen molar-refractivity contribution in [1.82, 2.24) is 10.3 Å². The number of rotatable bonds is 5. The molecule has 84 valence electrons. The zero-order valence-electron chi connectivity index (χ0n) is 9.06. The van der Waals surface area contributed by atoms with Gasteiger partial charge in [-0.2, -0.15) is 5.26 Å². The van der Waals surface area contributed by atoms with Crippen LogP contribution in [0.1, 0.15) is 24.1 Å². The summed E-state index contributed by atoms with van der Waals surface area (Å²) in [6.45, 7) is 1.17. The first-order chi connectivity index (χ1) is 7.81. The number of nitrogens with one attached hydrogen (secondary N) is 1. The van der Waals surface area contributed by atoms with Gasteiger partial charge in [0, 0.05) is 24.8 Å². The van der Waals surface area contributed by atoms with Crippen molar-refractivity contribution in [1.29, 1.82) is 5.26 Å². The maximum absolute atomic E-state index is 9.65. The molecule has 0 amide bonds. The topological polar surface area (TPSA) is 68.9 Å². The molecule has 0 spiro atoms. The number of nitrogens with zero attached hydrogens (tertiary/aromatic N) is 2. The van der Waals surface area contributed by atoms with Gasteiger partial charge in [0.2, 0.25) is 0 Å². The minimum atomic E-state index is -0.248. The Labute approximate surface area is 94.9 Å². The zero-order valence-corrected chi connectivity index (χ0v) is 9.06. The molecular formula is C12H15N3O. The standard InChI is InChI=1S/C12H15N3O/c13-6-11-10(2-1-5-15-11)7-14-8-12(16)9-3-4-9/h1-2,5,9,12,14,16H,3-4,7-8H2. The number of aromatic nitrogens is 1. The van der Waals surface area contributed by atoms with Crippen LogP contribution in [0.3, 0.4) is 0 Å². The average Bonchev–Trinajstić information content (AvgIpc) is 3.13. The van der Waals surface area contributed by atoms with Gasteiger partial charge in [0.05, 0.1) is 6.10 Å². The van der Waals surface area contributed by atoms with Crippen LogP contribution in [-0.2, 0) is 6.54 Å². The maximum atomic E-state index is 9.65. The van der Waals surface area contributed by atoms with E-state index in [1.807, 2.05) is 12.1 Å². The predicted octanol–water partition coefficient (Wildman–Crippen LogP) is 0.814. The molecule has 4 nitrogen and oxygen atoms in total. The molecule has 1 aliphatic carbocycles. The smallest absolute Gasteiger partial charge is 0.144 e. The van der Waals surface area contributed by atoms with Crippen LogP contribution >= 0.6 is 0 Å². The van der Waals surface area contributed by atoms with Crippen LogP contribution in [0, 0.1) is 17.2 Å². The summed E-state index contributed by atoms with van der Waals surface area (Å²) in [6.07, 6.45) is 3.64. The van der Waals surface area contributed by atoms with Crippen LogP contribution < -0.4 is 5.32 Å². The molecule has 1 unspecified atom stereocenters. The Hall–Kier alpha value is -1.44. The van der Waals surface area contributed by atoms with E-state index in [0.29, 0.717) is 24.7 Å². The minimum absolute atomic E-state index is 0.248. The number of aliphatic hydroxyl groups excluding tert-OH is 1. The average molecular weight is 217 g/mol. The number of aliphatic hydroxyl groups is 1. The molecule has 0 radical (unpaired) electrons. The monoisotopic (exact) mass is 217 g/mol. The lowest BCUT2D eigenvalue weighted by Gasteiger charge is -2.10. The molecule has 1 heterocycles. The Kier molecular flexibility index (Phi) is 3.50. The zero-order chi connectivity index (χ0) is 11.4. The third-order valence-electron chi connectivity index (χ3n) is 2.83. The highest BCUT2D eigenvalue weighted by molar-refractivity contribution is 5.30. The van der Waals surface area contributed by atoms with Crippen molar-refractivity contribution in [3.8, 4) is 6.07 Å². The molecule has 0 bridgehead atoms. The van der Waals surface area contributed by atoms with Crippen molar-refractivity contribution in [2.75, 3.05) is 6.54 Å². The normalized spacial score (nSPS) is 16.8. The molecule has 1 saturated carbocycles. The fourth-order valence-electron chi connectivity index (χ4n) is 1.68. The first-order valence-electron chi connectivity index (χ1n) is 5.54. The van der Waals surface area contributed by atoms with Crippen molar-refractivity contribution in [2.24, 2.45) is 5.92 Å². The second-order valence-electron chi connectivity index (χ2n) is 4.16. The summed E-state index contributed by atoms with van der Waals surface area (Å²) in [5.41, 5.74) is 1.34. The fraction of sp³-hybridized carbons (Fsp3) is 0.500. The number of hydrogen-bond acceptors (Lipinski definition) is 4. The van der Waals surface area contributed by atoms with Crippen LogP contribution in [0.5, 0.6) is 0 Å². The summed E-state index contributed by atoms with van der Waals surface area (Å²) in [4.78, 5) is 3.98. The molecule has 1 fully saturated rings. The molecule has 1 aromatic rings. The number of nitriles is 1. The summed E-state index contributed by atoms with van der Waals surface area (Å²) in [5.74, 6) is 0.483. The molecule has 4 heteroatoms. The summed E-state index contributed by atoms with van der Waals surface area (Å²) >= 11 is 0. The predicted molar refractivity (Wildman–Crippen MR) is 59.4 cm³/mol. The molecule has 0 aromatic carbocycles. The largest absolute Gasteiger partial charge is 0.392 e. The number of pyridine rings is 1. The molecule has 16 heavy (non-hydrogen) atoms. The first kappa shape index (κ1) is 11.1. The Morgan fingerprint density at radius 2 is 2.44 bits per heavy atom. The highest BCUT2D eigenvalue weighted by atomic mass is 16.3. The van der Waals surface area contributed by atoms with Crippen molar-refractivity contribution >= 4 is 0 Å². The van der Waals surface area contributed by atoms with Crippen molar-refractivity contribution in [3.05, 3.63) is 29.6 Å². The molecule has 0 saturated heterocycles. The summed E-state index contributed by atoms with van der Waals surface area (Å²) in [7, 11) is 0. The van der Waals surface area contributed by atoms with Crippen LogP contribution in [0.15, 0.2) is 18.3 Å². The highest BCUT2D eigenvalue weighted by Crippen LogP contribution is 2.32. The van der Waals surface area contributed by atoms with E-state index in [-0.39, 0.29) is 6.10 Å². The van der Waals surface area contributed by atoms with Gasteiger partial charge in [0.25, 0.3) is 0 Å². The third-order valence-corrected chi connectivity index (χ3v) is 2.83. The van der Waals surface area contributed by atoms with E-state index in [2.05, 4.69) is 16.4 Å². The lowest BCUT2D eigenvalue weighted by molar-refractivity contribution is 0.148. The molecular weight excluding hydrogens is 202 g/mol. The SMILES string of the molecule is N#Cc1ncccc1CNCC(O)C1CC1. The van der Waals surface area contributed by atoms with E-state index < -0.39 is 0 Å². The fourth-order valence-corrected chi connectivity index (χ4v) is 1.68. The maximum Gasteiger partial charge on any atom is 0.144 e. The molecule has 1 aliphatic rings. The highest BCUT2D eigenvalue weighted by Gasteiger charge is 2.29. The second kappa shape index (κ2) is 5.06. The van der Waals surface area contributed by atoms with E-state index in [9.17, 15) is 5.11 Å². The van der Waals surface area contributed by atoms with Gasteiger partial charge in [-0.25, -0.2) is 4.98 Å². The van der Waals surface area contributed by atoms with Gasteiger partial charge in [-0.3, -0.25) is 0 Å². The lowest BCUT2D eigenvalue weighted by atomic mass is 10.2. The van der Waals surface area contributed by atoms with Gasteiger partial charge in [-0.15, -0.1) is 0 Å². The van der Waals surface area contributed by atoms with Crippen molar-refractivity contribution < 1.29 is 5.11 Å². The minimum Gasteiger partial charge on any atom is -0.392 e. The molecule has 0 aliphatic heterocycles. The summed E-state index contributed by atoms with van der Waals surface area (Å²) in [5, 5.41) is 21.6. The quantitative estimate of drug-likeness (QED) is 0.766. The van der Waals surface area contributed by atoms with Crippen LogP contribution in [-0.4, -0.2) is 22.7 Å². The van der Waals surface area contributed by atoms with Gasteiger partial charge in [0.1, 0.15) is 11.8 Å². The summed E-state index contributed by atoms with van der Waals surface area (Å²) < 4.78 is 0. The van der Waals surface area contributed by atoms with E-state index in [1.54, 1.807) is 6.20 Å². The Morgan fingerprint density at radius 1 is 1.62 bits per heavy atom. The molecule has 1 atom stereocenters. The van der Waals surface area contributed by atoms with E-state index in [0.717, 1.165) is 18.4 Å². The molecule has 1 aromatic heterocycles. The Morgan fingerprint density at radius 3 is 3.12 bits per heavy atom. The molecule has 2 rings (SSSR count). The number of hydrogen-bond donors (Lipinski definition) is 2. The van der Waals surface area contributed by atoms with Gasteiger partial charge in [0.15, 0.2) is 0 Å². The second-order valence-corrected chi connectivity index (χ2v) is 4.16.